The largest absolute Gasteiger partial charge is 0.356 e. The summed E-state index contributed by atoms with van der Waals surface area (Å²) in [7, 11) is 0. The third kappa shape index (κ3) is 3.39. The maximum absolute atomic E-state index is 13.3. The van der Waals surface area contributed by atoms with Gasteiger partial charge in [-0.25, -0.2) is 4.98 Å². The van der Waals surface area contributed by atoms with Crippen LogP contribution >= 0.6 is 15.9 Å². The van der Waals surface area contributed by atoms with Crippen molar-refractivity contribution in [3.63, 3.8) is 0 Å². The van der Waals surface area contributed by atoms with Gasteiger partial charge in [-0.05, 0) is 60.8 Å². The number of anilines is 1. The number of benzene rings is 1. The normalized spacial score (nSPS) is 27.4. The van der Waals surface area contributed by atoms with Gasteiger partial charge in [0.15, 0.2) is 0 Å². The molecule has 0 aliphatic heterocycles. The quantitative estimate of drug-likeness (QED) is 0.481. The summed E-state index contributed by atoms with van der Waals surface area (Å²) in [6.07, 6.45) is 12.9. The van der Waals surface area contributed by atoms with Crippen LogP contribution in [0.2, 0.25) is 0 Å². The van der Waals surface area contributed by atoms with Crippen LogP contribution in [0.4, 0.5) is 5.69 Å². The minimum atomic E-state index is -0.306. The molecule has 156 valence electrons. The van der Waals surface area contributed by atoms with Crippen LogP contribution in [0.15, 0.2) is 59.6 Å². The molecule has 1 spiro atoms. The first-order chi connectivity index (χ1) is 14.6. The maximum atomic E-state index is 13.3. The molecular weight excluding hydrogens is 444 g/mol. The molecule has 0 unspecified atom stereocenters. The van der Waals surface area contributed by atoms with Gasteiger partial charge in [0.1, 0.15) is 0 Å². The van der Waals surface area contributed by atoms with Gasteiger partial charge in [-0.1, -0.05) is 28.1 Å². The van der Waals surface area contributed by atoms with Gasteiger partial charge in [0.2, 0.25) is 11.8 Å². The Morgan fingerprint density at radius 1 is 1.10 bits per heavy atom. The van der Waals surface area contributed by atoms with Gasteiger partial charge in [0, 0.05) is 35.6 Å². The Morgan fingerprint density at radius 3 is 2.43 bits per heavy atom. The second-order valence-corrected chi connectivity index (χ2v) is 9.58. The molecule has 2 amide bonds. The predicted octanol–water partition coefficient (Wildman–Crippen LogP) is 3.62. The fourth-order valence-electron chi connectivity index (χ4n) is 5.48. The Hall–Kier alpha value is -2.41. The van der Waals surface area contributed by atoms with Crippen molar-refractivity contribution < 1.29 is 9.59 Å². The highest BCUT2D eigenvalue weighted by Crippen LogP contribution is 2.72. The smallest absolute Gasteiger partial charge is 0.228 e. The summed E-state index contributed by atoms with van der Waals surface area (Å²) in [5.74, 6) is -0.277. The summed E-state index contributed by atoms with van der Waals surface area (Å²) in [6.45, 7) is 1.41. The van der Waals surface area contributed by atoms with E-state index in [1.807, 2.05) is 35.0 Å². The molecule has 4 atom stereocenters. The number of carbonyl (C=O) groups excluding carboxylic acids is 2. The lowest BCUT2D eigenvalue weighted by atomic mass is 9.81. The molecule has 1 aromatic carbocycles. The van der Waals surface area contributed by atoms with E-state index in [-0.39, 0.29) is 40.9 Å². The van der Waals surface area contributed by atoms with E-state index in [4.69, 9.17) is 0 Å². The minimum Gasteiger partial charge on any atom is -0.356 e. The zero-order valence-corrected chi connectivity index (χ0v) is 18.2. The van der Waals surface area contributed by atoms with Gasteiger partial charge in [0.25, 0.3) is 0 Å². The van der Waals surface area contributed by atoms with Crippen molar-refractivity contribution in [3.05, 3.63) is 59.6 Å². The number of rotatable bonds is 7. The number of aromatic nitrogens is 2. The SMILES string of the molecule is O=C(NCCCn1ccnc1)[C@H]1[C@H](C(=O)Nc2ccc(Br)cc2)[C@@H]2C=C[C@H]1C21CC1. The first-order valence-corrected chi connectivity index (χ1v) is 11.4. The first-order valence-electron chi connectivity index (χ1n) is 10.6. The summed E-state index contributed by atoms with van der Waals surface area (Å²) in [5, 5.41) is 6.15. The zero-order chi connectivity index (χ0) is 20.7. The average Bonchev–Trinajstić information content (AvgIpc) is 3.10. The molecule has 30 heavy (non-hydrogen) atoms. The molecule has 5 rings (SSSR count). The van der Waals surface area contributed by atoms with Crippen molar-refractivity contribution >= 4 is 33.4 Å². The van der Waals surface area contributed by atoms with Crippen LogP contribution < -0.4 is 10.6 Å². The zero-order valence-electron chi connectivity index (χ0n) is 16.6. The lowest BCUT2D eigenvalue weighted by molar-refractivity contribution is -0.132. The summed E-state index contributed by atoms with van der Waals surface area (Å²) in [4.78, 5) is 30.5. The molecule has 2 aromatic rings. The molecule has 7 heteroatoms. The van der Waals surface area contributed by atoms with Crippen LogP contribution in [0.3, 0.4) is 0 Å². The summed E-state index contributed by atoms with van der Waals surface area (Å²) < 4.78 is 2.97. The third-order valence-corrected chi connectivity index (χ3v) is 7.54. The van der Waals surface area contributed by atoms with Crippen LogP contribution in [0.25, 0.3) is 0 Å². The highest BCUT2D eigenvalue weighted by Gasteiger charge is 2.69. The number of carbonyl (C=O) groups is 2. The molecule has 0 radical (unpaired) electrons. The van der Waals surface area contributed by atoms with E-state index < -0.39 is 0 Å². The maximum Gasteiger partial charge on any atom is 0.228 e. The number of nitrogens with one attached hydrogen (secondary N) is 2. The Bertz CT molecular complexity index is 966. The molecule has 2 fully saturated rings. The molecular formula is C23H25BrN4O2. The molecule has 2 saturated carbocycles. The fraction of sp³-hybridized carbons (Fsp3) is 0.435. The Kier molecular flexibility index (Phi) is 5.01. The van der Waals surface area contributed by atoms with Gasteiger partial charge in [0.05, 0.1) is 18.2 Å². The number of aryl methyl sites for hydroxylation is 1. The monoisotopic (exact) mass is 468 g/mol. The summed E-state index contributed by atoms with van der Waals surface area (Å²) in [6, 6.07) is 7.57. The second kappa shape index (κ2) is 7.69. The Morgan fingerprint density at radius 2 is 1.80 bits per heavy atom. The molecule has 3 aliphatic rings. The standard InChI is InChI=1S/C23H25BrN4O2/c24-15-2-4-16(5-3-15)27-22(30)20-18-7-6-17(23(18)8-9-23)19(20)21(29)26-10-1-12-28-13-11-25-14-28/h2-7,11,13-14,17-20H,1,8-10,12H2,(H,26,29)(H,27,30)/t17-,18+,19-,20-/m1/s1. The van der Waals surface area contributed by atoms with Crippen LogP contribution in [0.5, 0.6) is 0 Å². The summed E-state index contributed by atoms with van der Waals surface area (Å²) >= 11 is 3.42. The van der Waals surface area contributed by atoms with Crippen LogP contribution in [0, 0.1) is 29.1 Å². The molecule has 1 heterocycles. The highest BCUT2D eigenvalue weighted by atomic mass is 79.9. The molecule has 3 aliphatic carbocycles. The van der Waals surface area contributed by atoms with Crippen molar-refractivity contribution in [2.75, 3.05) is 11.9 Å². The van der Waals surface area contributed by atoms with E-state index in [2.05, 4.69) is 43.7 Å². The van der Waals surface area contributed by atoms with E-state index >= 15 is 0 Å². The first kappa shape index (κ1) is 19.5. The van der Waals surface area contributed by atoms with E-state index in [0.29, 0.717) is 6.54 Å². The van der Waals surface area contributed by atoms with Crippen molar-refractivity contribution in [2.24, 2.45) is 29.1 Å². The van der Waals surface area contributed by atoms with Crippen molar-refractivity contribution in [1.29, 1.82) is 0 Å². The van der Waals surface area contributed by atoms with Crippen molar-refractivity contribution in [2.45, 2.75) is 25.8 Å². The number of amides is 2. The fourth-order valence-corrected chi connectivity index (χ4v) is 5.74. The lowest BCUT2D eigenvalue weighted by Crippen LogP contribution is -2.42. The van der Waals surface area contributed by atoms with Gasteiger partial charge in [-0.3, -0.25) is 9.59 Å². The topological polar surface area (TPSA) is 76.0 Å². The van der Waals surface area contributed by atoms with Crippen LogP contribution in [-0.2, 0) is 16.1 Å². The number of nitrogens with zero attached hydrogens (tertiary/aromatic N) is 2. The number of hydrogen-bond donors (Lipinski definition) is 2. The van der Waals surface area contributed by atoms with Gasteiger partial charge in [-0.15, -0.1) is 0 Å². The van der Waals surface area contributed by atoms with Crippen LogP contribution in [-0.4, -0.2) is 27.9 Å². The molecule has 0 saturated heterocycles. The second-order valence-electron chi connectivity index (χ2n) is 8.66. The van der Waals surface area contributed by atoms with Gasteiger partial charge >= 0.3 is 0 Å². The average molecular weight is 469 g/mol. The summed E-state index contributed by atoms with van der Waals surface area (Å²) in [5.41, 5.74) is 0.903. The van der Waals surface area contributed by atoms with Crippen molar-refractivity contribution in [1.82, 2.24) is 14.9 Å². The van der Waals surface area contributed by atoms with E-state index in [9.17, 15) is 9.59 Å². The van der Waals surface area contributed by atoms with E-state index in [0.717, 1.165) is 36.0 Å². The highest BCUT2D eigenvalue weighted by molar-refractivity contribution is 9.10. The van der Waals surface area contributed by atoms with E-state index in [1.54, 1.807) is 12.5 Å². The van der Waals surface area contributed by atoms with Crippen molar-refractivity contribution in [3.8, 4) is 0 Å². The Balaban J connectivity index is 1.27. The number of imidazole rings is 1. The van der Waals surface area contributed by atoms with Crippen LogP contribution in [0.1, 0.15) is 19.3 Å². The lowest BCUT2D eigenvalue weighted by Gasteiger charge is -2.26. The molecule has 6 nitrogen and oxygen atoms in total. The third-order valence-electron chi connectivity index (χ3n) is 7.01. The van der Waals surface area contributed by atoms with E-state index in [1.165, 1.54) is 0 Å². The minimum absolute atomic E-state index is 0.0136. The molecule has 2 bridgehead atoms. The predicted molar refractivity (Wildman–Crippen MR) is 117 cm³/mol. The number of halogens is 1. The Labute approximate surface area is 184 Å². The van der Waals surface area contributed by atoms with Gasteiger partial charge < -0.3 is 15.2 Å². The molecule has 1 aromatic heterocycles. The number of hydrogen-bond acceptors (Lipinski definition) is 3. The van der Waals surface area contributed by atoms with Gasteiger partial charge in [-0.2, -0.15) is 0 Å². The number of allylic oxidation sites excluding steroid dienone is 2. The molecule has 2 N–H and O–H groups in total.